The number of amides is 2. The van der Waals surface area contributed by atoms with Gasteiger partial charge in [-0.15, -0.1) is 0 Å². The van der Waals surface area contributed by atoms with Crippen LogP contribution in [-0.2, 0) is 16.1 Å². The summed E-state index contributed by atoms with van der Waals surface area (Å²) in [6.45, 7) is 7.84. The number of hydrogen-bond donors (Lipinski definition) is 1. The number of carbonyl (C=O) groups excluding carboxylic acids is 3. The van der Waals surface area contributed by atoms with E-state index in [1.807, 2.05) is 63.4 Å². The molecule has 5 heterocycles. The highest BCUT2D eigenvalue weighted by Crippen LogP contribution is 2.30. The summed E-state index contributed by atoms with van der Waals surface area (Å²) in [6.07, 6.45) is 6.00. The molecule has 0 bridgehead atoms. The summed E-state index contributed by atoms with van der Waals surface area (Å²) < 4.78 is 4.16. The Balaban J connectivity index is 1.28. The van der Waals surface area contributed by atoms with E-state index < -0.39 is 6.04 Å². The maximum Gasteiger partial charge on any atom is 0.248 e. The number of likely N-dealkylation sites (tertiary alicyclic amines) is 1. The number of Topliss-reactive ketones (excluding diaryl/α,β-unsaturated/α-hetero) is 1. The highest BCUT2D eigenvalue weighted by Gasteiger charge is 2.38. The maximum absolute atomic E-state index is 13.7. The smallest absolute Gasteiger partial charge is 0.248 e. The number of rotatable bonds is 6. The molecule has 1 aliphatic rings. The molecule has 2 unspecified atom stereocenters. The zero-order valence-corrected chi connectivity index (χ0v) is 25.3. The molecule has 0 aliphatic carbocycles. The third-order valence-electron chi connectivity index (χ3n) is 7.77. The molecule has 1 fully saturated rings. The van der Waals surface area contributed by atoms with Gasteiger partial charge in [0.25, 0.3) is 0 Å². The Morgan fingerprint density at radius 3 is 2.67 bits per heavy atom. The lowest BCUT2D eigenvalue weighted by Gasteiger charge is -2.24. The van der Waals surface area contributed by atoms with Crippen molar-refractivity contribution in [1.82, 2.24) is 29.0 Å². The van der Waals surface area contributed by atoms with Crippen molar-refractivity contribution >= 4 is 55.9 Å². The molecule has 0 spiro atoms. The number of aromatic nitrogens is 5. The van der Waals surface area contributed by atoms with Crippen molar-refractivity contribution in [1.29, 1.82) is 0 Å². The van der Waals surface area contributed by atoms with Crippen molar-refractivity contribution in [3.63, 3.8) is 0 Å². The van der Waals surface area contributed by atoms with Crippen LogP contribution < -0.4 is 5.32 Å². The predicted octanol–water partition coefficient (Wildman–Crippen LogP) is 5.20. The van der Waals surface area contributed by atoms with E-state index in [-0.39, 0.29) is 30.1 Å². The van der Waals surface area contributed by atoms with Gasteiger partial charge in [-0.2, -0.15) is 5.10 Å². The Hall–Kier alpha value is -4.38. The largest absolute Gasteiger partial charge is 0.337 e. The van der Waals surface area contributed by atoms with Gasteiger partial charge < -0.3 is 14.8 Å². The summed E-state index contributed by atoms with van der Waals surface area (Å²) in [7, 11) is 0. The minimum Gasteiger partial charge on any atom is -0.337 e. The van der Waals surface area contributed by atoms with Gasteiger partial charge in [-0.1, -0.05) is 19.1 Å². The summed E-state index contributed by atoms with van der Waals surface area (Å²) in [5, 5.41) is 8.12. The molecule has 2 amide bonds. The van der Waals surface area contributed by atoms with Crippen molar-refractivity contribution in [3.05, 3.63) is 76.4 Å². The first-order valence-electron chi connectivity index (χ1n) is 13.8. The van der Waals surface area contributed by atoms with Crippen LogP contribution in [0.3, 0.4) is 0 Å². The Labute approximate surface area is 250 Å². The number of carbonyl (C=O) groups is 3. The third kappa shape index (κ3) is 5.20. The van der Waals surface area contributed by atoms with Gasteiger partial charge in [-0.3, -0.25) is 14.4 Å². The second kappa shape index (κ2) is 10.8. The Bertz CT molecular complexity index is 1890. The van der Waals surface area contributed by atoms with Crippen LogP contribution in [0.25, 0.3) is 27.7 Å². The minimum absolute atomic E-state index is 0.00781. The molecule has 1 N–H and O–H groups in total. The molecule has 10 nitrogen and oxygen atoms in total. The molecule has 11 heteroatoms. The van der Waals surface area contributed by atoms with Crippen molar-refractivity contribution in [2.24, 2.45) is 5.92 Å². The summed E-state index contributed by atoms with van der Waals surface area (Å²) in [4.78, 5) is 50.2. The van der Waals surface area contributed by atoms with Crippen molar-refractivity contribution < 1.29 is 14.4 Å². The number of hydrogen-bond acceptors (Lipinski definition) is 6. The van der Waals surface area contributed by atoms with E-state index in [4.69, 9.17) is 0 Å². The maximum atomic E-state index is 13.7. The minimum atomic E-state index is -0.610. The van der Waals surface area contributed by atoms with Crippen molar-refractivity contribution in [2.75, 3.05) is 11.9 Å². The normalized spacial score (nSPS) is 16.8. The zero-order valence-electron chi connectivity index (χ0n) is 23.8. The fourth-order valence-electron chi connectivity index (χ4n) is 5.67. The zero-order chi connectivity index (χ0) is 29.7. The van der Waals surface area contributed by atoms with Gasteiger partial charge in [-0.05, 0) is 78.4 Å². The second-order valence-electron chi connectivity index (χ2n) is 11.1. The monoisotopic (exact) mass is 627 g/mol. The lowest BCUT2D eigenvalue weighted by atomic mass is 10.0. The number of pyridine rings is 1. The molecule has 1 saturated heterocycles. The molecule has 6 rings (SSSR count). The molecule has 4 aromatic heterocycles. The average molecular weight is 629 g/mol. The Kier molecular flexibility index (Phi) is 7.14. The van der Waals surface area contributed by atoms with Gasteiger partial charge in [0.15, 0.2) is 11.4 Å². The molecule has 0 saturated carbocycles. The molecule has 5 aromatic rings. The van der Waals surface area contributed by atoms with E-state index in [9.17, 15) is 14.4 Å². The highest BCUT2D eigenvalue weighted by molar-refractivity contribution is 9.10. The van der Waals surface area contributed by atoms with Gasteiger partial charge >= 0.3 is 0 Å². The Morgan fingerprint density at radius 2 is 1.88 bits per heavy atom. The van der Waals surface area contributed by atoms with Gasteiger partial charge in [-0.25, -0.2) is 14.5 Å². The van der Waals surface area contributed by atoms with E-state index >= 15 is 0 Å². The van der Waals surface area contributed by atoms with Crippen LogP contribution in [0.5, 0.6) is 0 Å². The van der Waals surface area contributed by atoms with Gasteiger partial charge in [0.05, 0.1) is 5.69 Å². The van der Waals surface area contributed by atoms with E-state index in [2.05, 4.69) is 36.3 Å². The number of benzene rings is 1. The summed E-state index contributed by atoms with van der Waals surface area (Å²) in [5.74, 6) is 0.103. The number of anilines is 1. The van der Waals surface area contributed by atoms with Crippen molar-refractivity contribution in [3.8, 4) is 11.1 Å². The third-order valence-corrected chi connectivity index (χ3v) is 8.21. The number of ketones is 1. The standard InChI is InChI=1S/C31H30BrN7O3/c1-17-9-26(31(42)35-30-18(2)5-8-27(32)34-30)38(13-17)29(41)16-37-15-24(20(4)40)23-11-21(6-7-25(23)37)22-12-33-28-10-19(3)36-39(28)14-22/h5-8,10-12,14-15,17,26H,9,13,16H2,1-4H3,(H,34,35,42). The number of fused-ring (bicyclic) bond motifs is 2. The fraction of sp³-hybridized carbons (Fsp3) is 0.290. The Morgan fingerprint density at radius 1 is 1.07 bits per heavy atom. The van der Waals surface area contributed by atoms with Gasteiger partial charge in [0.1, 0.15) is 23.0 Å². The number of nitrogens with one attached hydrogen (secondary N) is 1. The van der Waals surface area contributed by atoms with Crippen molar-refractivity contribution in [2.45, 2.75) is 46.7 Å². The summed E-state index contributed by atoms with van der Waals surface area (Å²) >= 11 is 3.35. The molecular weight excluding hydrogens is 598 g/mol. The number of halogens is 1. The number of nitrogens with zero attached hydrogens (tertiary/aromatic N) is 6. The lowest BCUT2D eigenvalue weighted by Crippen LogP contribution is -2.44. The van der Waals surface area contributed by atoms with E-state index in [0.717, 1.165) is 38.9 Å². The van der Waals surface area contributed by atoms with E-state index in [1.165, 1.54) is 6.92 Å². The van der Waals surface area contributed by atoms with E-state index in [0.29, 0.717) is 29.0 Å². The molecule has 2 atom stereocenters. The molecule has 1 aromatic carbocycles. The SMILES string of the molecule is CC(=O)c1cn(CC(=O)N2CC(C)CC2C(=O)Nc2nc(Br)ccc2C)c2ccc(-c3cnc4cc(C)nn4c3)cc12. The van der Waals surface area contributed by atoms with Crippen LogP contribution >= 0.6 is 15.9 Å². The molecule has 42 heavy (non-hydrogen) atoms. The quantitative estimate of drug-likeness (QED) is 0.204. The molecule has 214 valence electrons. The first-order valence-corrected chi connectivity index (χ1v) is 14.6. The molecule has 1 aliphatic heterocycles. The predicted molar refractivity (Wildman–Crippen MR) is 163 cm³/mol. The second-order valence-corrected chi connectivity index (χ2v) is 11.9. The van der Waals surface area contributed by atoms with Crippen LogP contribution in [0.4, 0.5) is 5.82 Å². The van der Waals surface area contributed by atoms with Crippen LogP contribution in [-0.4, -0.2) is 59.2 Å². The van der Waals surface area contributed by atoms with Gasteiger partial charge in [0.2, 0.25) is 11.8 Å². The van der Waals surface area contributed by atoms with Gasteiger partial charge in [0, 0.05) is 53.2 Å². The molecular formula is C31H30BrN7O3. The van der Waals surface area contributed by atoms with E-state index in [1.54, 1.807) is 26.4 Å². The lowest BCUT2D eigenvalue weighted by molar-refractivity contribution is -0.137. The van der Waals surface area contributed by atoms with Crippen LogP contribution in [0.1, 0.15) is 41.9 Å². The van der Waals surface area contributed by atoms with Crippen LogP contribution in [0.2, 0.25) is 0 Å². The molecule has 0 radical (unpaired) electrons. The highest BCUT2D eigenvalue weighted by atomic mass is 79.9. The fourth-order valence-corrected chi connectivity index (χ4v) is 5.98. The topological polar surface area (TPSA) is 114 Å². The average Bonchev–Trinajstić information content (AvgIpc) is 3.64. The number of aryl methyl sites for hydroxylation is 2. The summed E-state index contributed by atoms with van der Waals surface area (Å²) in [5.41, 5.74) is 5.52. The summed E-state index contributed by atoms with van der Waals surface area (Å²) in [6, 6.07) is 10.8. The van der Waals surface area contributed by atoms with Crippen LogP contribution in [0, 0.1) is 19.8 Å². The first kappa shape index (κ1) is 27.8. The van der Waals surface area contributed by atoms with Crippen LogP contribution in [0.15, 0.2) is 59.6 Å². The first-order chi connectivity index (χ1) is 20.1.